The van der Waals surface area contributed by atoms with E-state index in [1.165, 1.54) is 0 Å². The van der Waals surface area contributed by atoms with Crippen molar-refractivity contribution in [3.05, 3.63) is 35.4 Å². The summed E-state index contributed by atoms with van der Waals surface area (Å²) in [6.07, 6.45) is 1.51. The van der Waals surface area contributed by atoms with Crippen LogP contribution in [0.15, 0.2) is 24.3 Å². The largest absolute Gasteiger partial charge is 0.481 e. The number of carbonyl (C=O) groups is 3. The van der Waals surface area contributed by atoms with Gasteiger partial charge in [0.1, 0.15) is 0 Å². The van der Waals surface area contributed by atoms with Crippen LogP contribution in [0.3, 0.4) is 0 Å². The zero-order chi connectivity index (χ0) is 17.8. The van der Waals surface area contributed by atoms with Gasteiger partial charge in [-0.3, -0.25) is 14.4 Å². The van der Waals surface area contributed by atoms with Crippen LogP contribution in [-0.2, 0) is 16.1 Å². The Balaban J connectivity index is 1.67. The molecule has 7 heteroatoms. The topological polar surface area (TPSA) is 77.9 Å². The van der Waals surface area contributed by atoms with Gasteiger partial charge in [0.25, 0.3) is 5.91 Å². The summed E-state index contributed by atoms with van der Waals surface area (Å²) < 4.78 is 0. The fourth-order valence-electron chi connectivity index (χ4n) is 3.30. The lowest BCUT2D eigenvalue weighted by atomic mass is 10.1. The fraction of sp³-hybridized carbons (Fsp3) is 0.500. The molecule has 3 rings (SSSR count). The van der Waals surface area contributed by atoms with E-state index in [1.54, 1.807) is 28.8 Å². The summed E-state index contributed by atoms with van der Waals surface area (Å²) in [5, 5.41) is 9.05. The quantitative estimate of drug-likeness (QED) is 0.865. The monoisotopic (exact) mass is 362 g/mol. The van der Waals surface area contributed by atoms with E-state index in [2.05, 4.69) is 0 Å². The normalized spacial score (nSPS) is 20.8. The Morgan fingerprint density at radius 3 is 2.60 bits per heavy atom. The number of benzene rings is 1. The summed E-state index contributed by atoms with van der Waals surface area (Å²) in [5.74, 6) is 0.679. The van der Waals surface area contributed by atoms with Gasteiger partial charge in [-0.1, -0.05) is 12.1 Å². The van der Waals surface area contributed by atoms with Gasteiger partial charge in [0.15, 0.2) is 0 Å². The maximum atomic E-state index is 12.8. The predicted molar refractivity (Wildman–Crippen MR) is 95.5 cm³/mol. The molecule has 6 nitrogen and oxygen atoms in total. The number of hydrogen-bond donors (Lipinski definition) is 1. The lowest BCUT2D eigenvalue weighted by Crippen LogP contribution is -2.47. The number of carbonyl (C=O) groups excluding carboxylic acids is 2. The van der Waals surface area contributed by atoms with Crippen LogP contribution < -0.4 is 0 Å². The Labute approximate surface area is 151 Å². The van der Waals surface area contributed by atoms with E-state index >= 15 is 0 Å². The van der Waals surface area contributed by atoms with Crippen LogP contribution in [0.4, 0.5) is 0 Å². The molecule has 1 atom stereocenters. The highest BCUT2D eigenvalue weighted by atomic mass is 32.2. The molecule has 0 saturated carbocycles. The van der Waals surface area contributed by atoms with Crippen LogP contribution in [0.2, 0.25) is 0 Å². The van der Waals surface area contributed by atoms with E-state index < -0.39 is 5.97 Å². The molecule has 2 heterocycles. The molecular formula is C18H22N2O4S. The molecule has 0 radical (unpaired) electrons. The van der Waals surface area contributed by atoms with E-state index in [9.17, 15) is 14.4 Å². The number of nitrogens with zero attached hydrogens (tertiary/aromatic N) is 2. The minimum Gasteiger partial charge on any atom is -0.481 e. The van der Waals surface area contributed by atoms with E-state index in [0.717, 1.165) is 24.3 Å². The smallest absolute Gasteiger partial charge is 0.305 e. The van der Waals surface area contributed by atoms with Crippen molar-refractivity contribution in [3.8, 4) is 0 Å². The van der Waals surface area contributed by atoms with Crippen molar-refractivity contribution < 1.29 is 19.5 Å². The Bertz CT molecular complexity index is 662. The van der Waals surface area contributed by atoms with Gasteiger partial charge in [0.2, 0.25) is 5.91 Å². The van der Waals surface area contributed by atoms with Crippen molar-refractivity contribution in [2.24, 2.45) is 0 Å². The summed E-state index contributed by atoms with van der Waals surface area (Å²) in [4.78, 5) is 39.0. The van der Waals surface area contributed by atoms with Crippen molar-refractivity contribution in [1.29, 1.82) is 0 Å². The molecule has 1 aromatic rings. The molecule has 0 spiro atoms. The van der Waals surface area contributed by atoms with Crippen LogP contribution in [0.1, 0.15) is 35.2 Å². The third kappa shape index (κ3) is 4.34. The Hall–Kier alpha value is -2.02. The summed E-state index contributed by atoms with van der Waals surface area (Å²) in [6.45, 7) is 1.95. The Kier molecular flexibility index (Phi) is 5.63. The SMILES string of the molecule is O=C(O)CC1CSCCN1C(=O)c1ccc(CN2CCCC2=O)cc1. The second-order valence-electron chi connectivity index (χ2n) is 6.44. The molecule has 2 amide bonds. The number of carboxylic acids is 1. The Morgan fingerprint density at radius 2 is 1.96 bits per heavy atom. The molecule has 2 fully saturated rings. The van der Waals surface area contributed by atoms with Gasteiger partial charge in [-0.05, 0) is 24.1 Å². The highest BCUT2D eigenvalue weighted by molar-refractivity contribution is 7.99. The second-order valence-corrected chi connectivity index (χ2v) is 7.59. The van der Waals surface area contributed by atoms with Gasteiger partial charge >= 0.3 is 5.97 Å². The third-order valence-corrected chi connectivity index (χ3v) is 5.74. The van der Waals surface area contributed by atoms with Gasteiger partial charge in [0, 0.05) is 43.1 Å². The average molecular weight is 362 g/mol. The van der Waals surface area contributed by atoms with E-state index in [4.69, 9.17) is 5.11 Å². The maximum Gasteiger partial charge on any atom is 0.305 e. The lowest BCUT2D eigenvalue weighted by Gasteiger charge is -2.34. The summed E-state index contributed by atoms with van der Waals surface area (Å²) >= 11 is 1.69. The van der Waals surface area contributed by atoms with Gasteiger partial charge < -0.3 is 14.9 Å². The molecule has 1 unspecified atom stereocenters. The maximum absolute atomic E-state index is 12.8. The summed E-state index contributed by atoms with van der Waals surface area (Å²) in [6, 6.07) is 7.05. The van der Waals surface area contributed by atoms with E-state index in [1.807, 2.05) is 17.0 Å². The van der Waals surface area contributed by atoms with E-state index in [-0.39, 0.29) is 24.3 Å². The number of hydrogen-bond acceptors (Lipinski definition) is 4. The first-order valence-electron chi connectivity index (χ1n) is 8.52. The zero-order valence-corrected chi connectivity index (χ0v) is 14.8. The first-order chi connectivity index (χ1) is 12.0. The molecule has 134 valence electrons. The number of amides is 2. The van der Waals surface area contributed by atoms with Crippen molar-refractivity contribution >= 4 is 29.5 Å². The fourth-order valence-corrected chi connectivity index (χ4v) is 4.37. The molecule has 1 aromatic carbocycles. The number of carboxylic acid groups (broad SMARTS) is 1. The minimum atomic E-state index is -0.879. The van der Waals surface area contributed by atoms with Gasteiger partial charge in [-0.25, -0.2) is 0 Å². The summed E-state index contributed by atoms with van der Waals surface area (Å²) in [7, 11) is 0. The molecule has 1 N–H and O–H groups in total. The molecule has 2 saturated heterocycles. The minimum absolute atomic E-state index is 0.0199. The number of rotatable bonds is 5. The molecular weight excluding hydrogens is 340 g/mol. The highest BCUT2D eigenvalue weighted by Crippen LogP contribution is 2.22. The molecule has 2 aliphatic heterocycles. The van der Waals surface area contributed by atoms with Crippen molar-refractivity contribution in [2.45, 2.75) is 31.8 Å². The zero-order valence-electron chi connectivity index (χ0n) is 14.0. The molecule has 2 aliphatic rings. The van der Waals surface area contributed by atoms with Gasteiger partial charge in [0.05, 0.1) is 12.5 Å². The first-order valence-corrected chi connectivity index (χ1v) is 9.67. The van der Waals surface area contributed by atoms with Crippen LogP contribution in [0.5, 0.6) is 0 Å². The lowest BCUT2D eigenvalue weighted by molar-refractivity contribution is -0.138. The molecule has 0 aliphatic carbocycles. The standard InChI is InChI=1S/C18H22N2O4S/c21-16-2-1-7-19(16)11-13-3-5-14(6-4-13)18(24)20-8-9-25-12-15(20)10-17(22)23/h3-6,15H,1-2,7-12H2,(H,22,23). The van der Waals surface area contributed by atoms with Crippen LogP contribution in [0, 0.1) is 0 Å². The highest BCUT2D eigenvalue weighted by Gasteiger charge is 2.29. The van der Waals surface area contributed by atoms with Gasteiger partial charge in [-0.15, -0.1) is 0 Å². The molecule has 0 bridgehead atoms. The number of aliphatic carboxylic acids is 1. The second kappa shape index (κ2) is 7.91. The third-order valence-electron chi connectivity index (χ3n) is 4.64. The van der Waals surface area contributed by atoms with Crippen LogP contribution in [-0.4, -0.2) is 63.3 Å². The number of thioether (sulfide) groups is 1. The van der Waals surface area contributed by atoms with Crippen molar-refractivity contribution in [1.82, 2.24) is 9.80 Å². The molecule has 0 aromatic heterocycles. The predicted octanol–water partition coefficient (Wildman–Crippen LogP) is 1.84. The van der Waals surface area contributed by atoms with Crippen molar-refractivity contribution in [2.75, 3.05) is 24.6 Å². The molecule has 25 heavy (non-hydrogen) atoms. The average Bonchev–Trinajstić information content (AvgIpc) is 3.00. The van der Waals surface area contributed by atoms with Gasteiger partial charge in [-0.2, -0.15) is 11.8 Å². The summed E-state index contributed by atoms with van der Waals surface area (Å²) in [5.41, 5.74) is 1.57. The van der Waals surface area contributed by atoms with Crippen LogP contribution in [0.25, 0.3) is 0 Å². The van der Waals surface area contributed by atoms with E-state index in [0.29, 0.717) is 30.8 Å². The first kappa shape index (κ1) is 17.8. The van der Waals surface area contributed by atoms with Crippen LogP contribution >= 0.6 is 11.8 Å². The number of likely N-dealkylation sites (tertiary alicyclic amines) is 1. The Morgan fingerprint density at radius 1 is 1.20 bits per heavy atom. The van der Waals surface area contributed by atoms with Crippen molar-refractivity contribution in [3.63, 3.8) is 0 Å².